The first kappa shape index (κ1) is 17.0. The maximum atomic E-state index is 12.4. The zero-order chi connectivity index (χ0) is 16.9. The molecule has 1 aliphatic heterocycles. The third-order valence-electron chi connectivity index (χ3n) is 3.76. The van der Waals surface area contributed by atoms with Crippen LogP contribution in [0.3, 0.4) is 0 Å². The van der Waals surface area contributed by atoms with Crippen molar-refractivity contribution in [2.24, 2.45) is 0 Å². The average molecular weight is 361 g/mol. The van der Waals surface area contributed by atoms with Crippen molar-refractivity contribution in [1.29, 1.82) is 0 Å². The third-order valence-corrected chi connectivity index (χ3v) is 6.77. The SMILES string of the molecule is COc1ccc(NC(=O)c2ccc(C3SCCCS3)cc2)cc1N. The molecule has 0 aliphatic carbocycles. The molecule has 0 spiro atoms. The van der Waals surface area contributed by atoms with Crippen LogP contribution in [0.15, 0.2) is 42.5 Å². The summed E-state index contributed by atoms with van der Waals surface area (Å²) >= 11 is 3.95. The van der Waals surface area contributed by atoms with Gasteiger partial charge >= 0.3 is 0 Å². The summed E-state index contributed by atoms with van der Waals surface area (Å²) in [7, 11) is 1.56. The van der Waals surface area contributed by atoms with Gasteiger partial charge in [0.25, 0.3) is 5.91 Å². The van der Waals surface area contributed by atoms with Crippen LogP contribution in [-0.4, -0.2) is 24.5 Å². The van der Waals surface area contributed by atoms with Gasteiger partial charge in [0.2, 0.25) is 0 Å². The molecule has 4 nitrogen and oxygen atoms in total. The van der Waals surface area contributed by atoms with E-state index >= 15 is 0 Å². The lowest BCUT2D eigenvalue weighted by atomic mass is 10.1. The van der Waals surface area contributed by atoms with Crippen LogP contribution in [0.4, 0.5) is 11.4 Å². The number of rotatable bonds is 4. The monoisotopic (exact) mass is 360 g/mol. The zero-order valence-electron chi connectivity index (χ0n) is 13.5. The number of nitrogens with two attached hydrogens (primary N) is 1. The van der Waals surface area contributed by atoms with Crippen LogP contribution in [0, 0.1) is 0 Å². The number of methoxy groups -OCH3 is 1. The fourth-order valence-electron chi connectivity index (χ4n) is 2.49. The molecule has 0 aromatic heterocycles. The number of hydrogen-bond acceptors (Lipinski definition) is 5. The summed E-state index contributed by atoms with van der Waals surface area (Å²) in [5.74, 6) is 2.87. The molecule has 0 radical (unpaired) electrons. The number of nitrogens with one attached hydrogen (secondary N) is 1. The van der Waals surface area contributed by atoms with Crippen molar-refractivity contribution in [3.8, 4) is 5.75 Å². The van der Waals surface area contributed by atoms with Gasteiger partial charge in [-0.3, -0.25) is 4.79 Å². The van der Waals surface area contributed by atoms with Gasteiger partial charge in [0, 0.05) is 11.3 Å². The Bertz CT molecular complexity index is 713. The molecule has 1 heterocycles. The van der Waals surface area contributed by atoms with E-state index in [1.54, 1.807) is 25.3 Å². The highest BCUT2D eigenvalue weighted by Gasteiger charge is 2.17. The normalized spacial score (nSPS) is 15.0. The lowest BCUT2D eigenvalue weighted by molar-refractivity contribution is 0.102. The molecule has 1 saturated heterocycles. The molecule has 0 atom stereocenters. The highest BCUT2D eigenvalue weighted by Crippen LogP contribution is 2.43. The lowest BCUT2D eigenvalue weighted by Crippen LogP contribution is -2.12. The van der Waals surface area contributed by atoms with Crippen LogP contribution in [0.2, 0.25) is 0 Å². The smallest absolute Gasteiger partial charge is 0.255 e. The molecular formula is C18H20N2O2S2. The van der Waals surface area contributed by atoms with Crippen LogP contribution in [0.1, 0.15) is 26.9 Å². The summed E-state index contributed by atoms with van der Waals surface area (Å²) < 4.78 is 5.60. The summed E-state index contributed by atoms with van der Waals surface area (Å²) in [6.07, 6.45) is 1.28. The molecule has 0 bridgehead atoms. The molecular weight excluding hydrogens is 340 g/mol. The predicted molar refractivity (Wildman–Crippen MR) is 104 cm³/mol. The summed E-state index contributed by atoms with van der Waals surface area (Å²) in [6, 6.07) is 13.1. The lowest BCUT2D eigenvalue weighted by Gasteiger charge is -2.21. The fraction of sp³-hybridized carbons (Fsp3) is 0.278. The van der Waals surface area contributed by atoms with Crippen molar-refractivity contribution in [3.63, 3.8) is 0 Å². The molecule has 6 heteroatoms. The third kappa shape index (κ3) is 3.99. The minimum absolute atomic E-state index is 0.143. The Kier molecular flexibility index (Phi) is 5.58. The van der Waals surface area contributed by atoms with E-state index in [-0.39, 0.29) is 5.91 Å². The van der Waals surface area contributed by atoms with Gasteiger partial charge in [0.1, 0.15) is 5.75 Å². The number of thioether (sulfide) groups is 2. The highest BCUT2D eigenvalue weighted by molar-refractivity contribution is 8.16. The minimum atomic E-state index is -0.143. The summed E-state index contributed by atoms with van der Waals surface area (Å²) in [5.41, 5.74) is 8.93. The van der Waals surface area contributed by atoms with Crippen molar-refractivity contribution in [2.45, 2.75) is 11.0 Å². The molecule has 126 valence electrons. The van der Waals surface area contributed by atoms with Gasteiger partial charge in [-0.15, -0.1) is 23.5 Å². The van der Waals surface area contributed by atoms with Crippen LogP contribution < -0.4 is 15.8 Å². The topological polar surface area (TPSA) is 64.3 Å². The number of ether oxygens (including phenoxy) is 1. The number of hydrogen-bond donors (Lipinski definition) is 2. The predicted octanol–water partition coefficient (Wildman–Crippen LogP) is 4.40. The largest absolute Gasteiger partial charge is 0.495 e. The van der Waals surface area contributed by atoms with Crippen LogP contribution >= 0.6 is 23.5 Å². The molecule has 24 heavy (non-hydrogen) atoms. The van der Waals surface area contributed by atoms with Gasteiger partial charge in [-0.05, 0) is 53.8 Å². The Morgan fingerprint density at radius 1 is 1.17 bits per heavy atom. The first-order valence-electron chi connectivity index (χ1n) is 7.75. The number of carbonyl (C=O) groups excluding carboxylic acids is 1. The molecule has 0 saturated carbocycles. The first-order chi connectivity index (χ1) is 11.7. The van der Waals surface area contributed by atoms with Crippen molar-refractivity contribution in [1.82, 2.24) is 0 Å². The Morgan fingerprint density at radius 3 is 2.50 bits per heavy atom. The molecule has 1 fully saturated rings. The van der Waals surface area contributed by atoms with E-state index in [2.05, 4.69) is 5.32 Å². The van der Waals surface area contributed by atoms with Gasteiger partial charge < -0.3 is 15.8 Å². The molecule has 3 N–H and O–H groups in total. The Morgan fingerprint density at radius 2 is 1.88 bits per heavy atom. The zero-order valence-corrected chi connectivity index (χ0v) is 15.1. The van der Waals surface area contributed by atoms with Gasteiger partial charge in [0.05, 0.1) is 17.4 Å². The summed E-state index contributed by atoms with van der Waals surface area (Å²) in [4.78, 5) is 12.4. The molecule has 1 amide bonds. The van der Waals surface area contributed by atoms with Gasteiger partial charge in [0.15, 0.2) is 0 Å². The quantitative estimate of drug-likeness (QED) is 0.791. The maximum absolute atomic E-state index is 12.4. The molecule has 2 aromatic carbocycles. The van der Waals surface area contributed by atoms with Gasteiger partial charge in [-0.25, -0.2) is 0 Å². The van der Waals surface area contributed by atoms with Crippen molar-refractivity contribution in [2.75, 3.05) is 29.7 Å². The second-order valence-corrected chi connectivity index (χ2v) is 8.18. The van der Waals surface area contributed by atoms with E-state index in [0.29, 0.717) is 27.3 Å². The van der Waals surface area contributed by atoms with Crippen molar-refractivity contribution < 1.29 is 9.53 Å². The highest BCUT2D eigenvalue weighted by atomic mass is 32.2. The molecule has 1 aliphatic rings. The Balaban J connectivity index is 1.67. The number of amides is 1. The van der Waals surface area contributed by atoms with Gasteiger partial charge in [-0.2, -0.15) is 0 Å². The molecule has 0 unspecified atom stereocenters. The van der Waals surface area contributed by atoms with Crippen LogP contribution in [-0.2, 0) is 0 Å². The second kappa shape index (κ2) is 7.85. The minimum Gasteiger partial charge on any atom is -0.495 e. The van der Waals surface area contributed by atoms with Crippen LogP contribution in [0.25, 0.3) is 0 Å². The summed E-state index contributed by atoms with van der Waals surface area (Å²) in [6.45, 7) is 0. The van der Waals surface area contributed by atoms with Crippen molar-refractivity contribution in [3.05, 3.63) is 53.6 Å². The standard InChI is InChI=1S/C18H20N2O2S2/c1-22-16-8-7-14(11-15(16)19)20-17(21)12-3-5-13(6-4-12)18-23-9-2-10-24-18/h3-8,11,18H,2,9-10,19H2,1H3,(H,20,21). The number of carbonyl (C=O) groups is 1. The van der Waals surface area contributed by atoms with E-state index < -0.39 is 0 Å². The van der Waals surface area contributed by atoms with E-state index in [9.17, 15) is 4.79 Å². The summed E-state index contributed by atoms with van der Waals surface area (Å²) in [5, 5.41) is 2.86. The number of anilines is 2. The van der Waals surface area contributed by atoms with E-state index in [1.807, 2.05) is 47.8 Å². The number of benzene rings is 2. The maximum Gasteiger partial charge on any atom is 0.255 e. The first-order valence-corrected chi connectivity index (χ1v) is 9.85. The average Bonchev–Trinajstić information content (AvgIpc) is 2.63. The van der Waals surface area contributed by atoms with Crippen molar-refractivity contribution >= 4 is 40.8 Å². The molecule has 3 rings (SSSR count). The van der Waals surface area contributed by atoms with Crippen LogP contribution in [0.5, 0.6) is 5.75 Å². The van der Waals surface area contributed by atoms with Gasteiger partial charge in [-0.1, -0.05) is 12.1 Å². The van der Waals surface area contributed by atoms with E-state index in [1.165, 1.54) is 23.5 Å². The number of nitrogen functional groups attached to an aromatic ring is 1. The molecule has 2 aromatic rings. The van der Waals surface area contributed by atoms with E-state index in [4.69, 9.17) is 10.5 Å². The Labute approximate surface area is 150 Å². The Hall–Kier alpha value is -1.79. The second-order valence-electron chi connectivity index (χ2n) is 5.46. The fourth-order valence-corrected chi connectivity index (χ4v) is 5.38. The van der Waals surface area contributed by atoms with E-state index in [0.717, 1.165) is 0 Å².